The highest BCUT2D eigenvalue weighted by molar-refractivity contribution is 4.15. The third kappa shape index (κ3) is 40.5. The Morgan fingerprint density at radius 2 is 1.09 bits per heavy atom. The van der Waals surface area contributed by atoms with Crippen LogP contribution in [0.25, 0.3) is 0 Å². The summed E-state index contributed by atoms with van der Waals surface area (Å²) in [5.74, 6) is 0. The van der Waals surface area contributed by atoms with Crippen LogP contribution in [0.2, 0.25) is 0 Å². The maximum Gasteiger partial charge on any atom is 0.0459 e. The molecule has 0 atom stereocenters. The van der Waals surface area contributed by atoms with Crippen molar-refractivity contribution in [1.82, 2.24) is 0 Å². The van der Waals surface area contributed by atoms with Gasteiger partial charge >= 0.3 is 0 Å². The molecule has 0 aromatic carbocycles. The molecule has 0 aliphatic carbocycles. The van der Waals surface area contributed by atoms with Crippen LogP contribution >= 0.6 is 0 Å². The van der Waals surface area contributed by atoms with Crippen molar-refractivity contribution < 1.29 is 9.47 Å². The van der Waals surface area contributed by atoms with Crippen molar-refractivity contribution in [2.24, 2.45) is 0 Å². The van der Waals surface area contributed by atoms with Gasteiger partial charge in [-0.1, -0.05) is 21.3 Å². The van der Waals surface area contributed by atoms with Crippen molar-refractivity contribution in [2.75, 3.05) is 27.4 Å². The first-order valence-corrected chi connectivity index (χ1v) is 3.81. The summed E-state index contributed by atoms with van der Waals surface area (Å²) in [7, 11) is 3.42. The second kappa shape index (κ2) is 22.5. The van der Waals surface area contributed by atoms with Crippen molar-refractivity contribution >= 4 is 0 Å². The molecule has 0 aliphatic heterocycles. The molecular weight excluding hydrogens is 140 g/mol. The van der Waals surface area contributed by atoms with Crippen LogP contribution in [0.5, 0.6) is 0 Å². The van der Waals surface area contributed by atoms with Gasteiger partial charge in [0.05, 0.1) is 0 Å². The van der Waals surface area contributed by atoms with Gasteiger partial charge in [-0.3, -0.25) is 0 Å². The number of ether oxygens (including phenoxy) is 2. The molecule has 2 heteroatoms. The lowest BCUT2D eigenvalue weighted by atomic mass is 10.5. The second-order valence-electron chi connectivity index (χ2n) is 1.99. The molecule has 0 amide bonds. The van der Waals surface area contributed by atoms with Gasteiger partial charge in [-0.2, -0.15) is 0 Å². The summed E-state index contributed by atoms with van der Waals surface area (Å²) in [6.45, 7) is 5.95. The highest BCUT2D eigenvalue weighted by Gasteiger charge is 1.66. The summed E-state index contributed by atoms with van der Waals surface area (Å²) in [6.07, 6.45) is 2.24. The van der Waals surface area contributed by atoms with Crippen LogP contribution in [0.15, 0.2) is 0 Å². The molecule has 11 heavy (non-hydrogen) atoms. The van der Waals surface area contributed by atoms with Gasteiger partial charge in [0.2, 0.25) is 0 Å². The Kier molecular flexibility index (Phi) is 35.1. The smallest absolute Gasteiger partial charge is 0.0459 e. The Hall–Kier alpha value is -0.0800. The third-order valence-electron chi connectivity index (χ3n) is 0.816. The molecule has 0 aliphatic rings. The van der Waals surface area contributed by atoms with E-state index in [1.54, 1.807) is 14.2 Å². The first kappa shape index (κ1) is 17.1. The number of rotatable bonds is 4. The zero-order valence-electron chi connectivity index (χ0n) is 7.64. The fraction of sp³-hybridized carbons (Fsp3) is 1.00. The van der Waals surface area contributed by atoms with E-state index in [0.29, 0.717) is 0 Å². The highest BCUT2D eigenvalue weighted by atomic mass is 16.5. The molecule has 0 saturated heterocycles. The lowest BCUT2D eigenvalue weighted by molar-refractivity contribution is 0.199. The van der Waals surface area contributed by atoms with Crippen molar-refractivity contribution in [3.8, 4) is 0 Å². The average molecular weight is 164 g/mol. The number of hydrogen-bond acceptors (Lipinski definition) is 2. The molecule has 0 saturated carbocycles. The van der Waals surface area contributed by atoms with Gasteiger partial charge in [-0.15, -0.1) is 0 Å². The first-order chi connectivity index (χ1) is 4.83. The summed E-state index contributed by atoms with van der Waals surface area (Å²) in [5.41, 5.74) is 0. The fourth-order valence-corrected chi connectivity index (χ4v) is 0.408. The van der Waals surface area contributed by atoms with E-state index in [4.69, 9.17) is 9.47 Å². The zero-order chi connectivity index (χ0) is 8.24. The van der Waals surface area contributed by atoms with E-state index in [-0.39, 0.29) is 7.43 Å². The summed E-state index contributed by atoms with van der Waals surface area (Å²) >= 11 is 0. The second-order valence-corrected chi connectivity index (χ2v) is 1.99. The molecule has 72 valence electrons. The van der Waals surface area contributed by atoms with E-state index in [0.717, 1.165) is 26.1 Å². The molecule has 0 fully saturated rings. The fourth-order valence-electron chi connectivity index (χ4n) is 0.408. The maximum atomic E-state index is 4.69. The first-order valence-electron chi connectivity index (χ1n) is 3.81. The molecule has 0 aromatic rings. The normalized spacial score (nSPS) is 7.64. The molecule has 0 N–H and O–H groups in total. The van der Waals surface area contributed by atoms with E-state index in [1.165, 1.54) is 0 Å². The Labute approximate surface area is 71.9 Å². The van der Waals surface area contributed by atoms with Gasteiger partial charge in [-0.25, -0.2) is 0 Å². The summed E-state index contributed by atoms with van der Waals surface area (Å²) in [5, 5.41) is 0. The molecule has 0 bridgehead atoms. The van der Waals surface area contributed by atoms with Gasteiger partial charge in [0.1, 0.15) is 0 Å². The molecule has 2 nitrogen and oxygen atoms in total. The molecular formula is C9H24O2. The Balaban J connectivity index is -0.000000107. The van der Waals surface area contributed by atoms with Crippen LogP contribution in [0.1, 0.15) is 34.1 Å². The van der Waals surface area contributed by atoms with Crippen LogP contribution in [0.4, 0.5) is 0 Å². The summed E-state index contributed by atoms with van der Waals surface area (Å²) in [6, 6.07) is 0. The van der Waals surface area contributed by atoms with Crippen LogP contribution in [-0.4, -0.2) is 27.4 Å². The largest absolute Gasteiger partial charge is 0.385 e. The minimum Gasteiger partial charge on any atom is -0.385 e. The molecule has 0 radical (unpaired) electrons. The molecule has 0 heterocycles. The Morgan fingerprint density at radius 1 is 0.818 bits per heavy atom. The topological polar surface area (TPSA) is 18.5 Å². The summed E-state index contributed by atoms with van der Waals surface area (Å²) in [4.78, 5) is 0. The number of methoxy groups -OCH3 is 2. The van der Waals surface area contributed by atoms with E-state index >= 15 is 0 Å². The van der Waals surface area contributed by atoms with Crippen molar-refractivity contribution in [3.05, 3.63) is 0 Å². The summed E-state index contributed by atoms with van der Waals surface area (Å²) < 4.78 is 9.38. The van der Waals surface area contributed by atoms with Crippen molar-refractivity contribution in [3.63, 3.8) is 0 Å². The minimum absolute atomic E-state index is 0. The molecule has 0 spiro atoms. The van der Waals surface area contributed by atoms with Crippen molar-refractivity contribution in [2.45, 2.75) is 34.1 Å². The van der Waals surface area contributed by atoms with Crippen LogP contribution in [0, 0.1) is 0 Å². The monoisotopic (exact) mass is 164 g/mol. The zero-order valence-corrected chi connectivity index (χ0v) is 7.64. The van der Waals surface area contributed by atoms with E-state index in [1.807, 2.05) is 0 Å². The standard InChI is InChI=1S/2C4H10O.CH4/c2*1-3-4-5-2;/h2*3-4H2,1-2H3;1H4. The maximum absolute atomic E-state index is 4.69. The lowest BCUT2D eigenvalue weighted by Gasteiger charge is -1.84. The predicted molar refractivity (Wildman–Crippen MR) is 51.1 cm³/mol. The van der Waals surface area contributed by atoms with Gasteiger partial charge in [-0.05, 0) is 12.8 Å². The van der Waals surface area contributed by atoms with Gasteiger partial charge < -0.3 is 9.47 Å². The van der Waals surface area contributed by atoms with Crippen LogP contribution in [0.3, 0.4) is 0 Å². The highest BCUT2D eigenvalue weighted by Crippen LogP contribution is 1.71. The number of hydrogen-bond donors (Lipinski definition) is 0. The molecule has 0 rings (SSSR count). The van der Waals surface area contributed by atoms with Gasteiger partial charge in [0.15, 0.2) is 0 Å². The van der Waals surface area contributed by atoms with Gasteiger partial charge in [0.25, 0.3) is 0 Å². The van der Waals surface area contributed by atoms with Crippen LogP contribution in [-0.2, 0) is 9.47 Å². The predicted octanol–water partition coefficient (Wildman–Crippen LogP) is 2.72. The Morgan fingerprint density at radius 3 is 1.09 bits per heavy atom. The minimum atomic E-state index is 0. The van der Waals surface area contributed by atoms with Crippen molar-refractivity contribution in [1.29, 1.82) is 0 Å². The SMILES string of the molecule is C.CCCOC.CCCOC. The van der Waals surface area contributed by atoms with E-state index in [9.17, 15) is 0 Å². The van der Waals surface area contributed by atoms with Gasteiger partial charge in [0, 0.05) is 27.4 Å². The lowest BCUT2D eigenvalue weighted by Crippen LogP contribution is -1.80. The van der Waals surface area contributed by atoms with E-state index in [2.05, 4.69) is 13.8 Å². The molecule has 0 aromatic heterocycles. The van der Waals surface area contributed by atoms with E-state index < -0.39 is 0 Å². The Bertz CT molecular complexity index is 28.5. The van der Waals surface area contributed by atoms with Crippen LogP contribution < -0.4 is 0 Å². The molecule has 0 unspecified atom stereocenters. The average Bonchev–Trinajstić information content (AvgIpc) is 1.93. The quantitative estimate of drug-likeness (QED) is 0.636. The third-order valence-corrected chi connectivity index (χ3v) is 0.816.